The Labute approximate surface area is 103 Å². The van der Waals surface area contributed by atoms with E-state index in [1.165, 1.54) is 5.56 Å². The first-order valence-corrected chi connectivity index (χ1v) is 6.14. The van der Waals surface area contributed by atoms with Gasteiger partial charge in [0.05, 0.1) is 0 Å². The molecule has 0 amide bonds. The highest BCUT2D eigenvalue weighted by molar-refractivity contribution is 5.54. The van der Waals surface area contributed by atoms with Gasteiger partial charge in [-0.2, -0.15) is 0 Å². The van der Waals surface area contributed by atoms with Crippen LogP contribution in [0, 0.1) is 0 Å². The van der Waals surface area contributed by atoms with Crippen LogP contribution in [-0.4, -0.2) is 28.0 Å². The average Bonchev–Trinajstić information content (AvgIpc) is 2.90. The van der Waals surface area contributed by atoms with Crippen molar-refractivity contribution < 1.29 is 0 Å². The Morgan fingerprint density at radius 3 is 2.35 bits per heavy atom. The minimum absolute atomic E-state index is 0.930. The van der Waals surface area contributed by atoms with Gasteiger partial charge < -0.3 is 4.98 Å². The number of rotatable bonds is 5. The quantitative estimate of drug-likeness (QED) is 0.855. The molecular weight excluding hydrogens is 210 g/mol. The van der Waals surface area contributed by atoms with Gasteiger partial charge in [-0.3, -0.25) is 4.90 Å². The van der Waals surface area contributed by atoms with E-state index in [0.717, 1.165) is 31.0 Å². The van der Waals surface area contributed by atoms with Crippen LogP contribution in [0.1, 0.15) is 19.4 Å². The van der Waals surface area contributed by atoms with E-state index in [-0.39, 0.29) is 0 Å². The summed E-state index contributed by atoms with van der Waals surface area (Å²) in [6, 6.07) is 8.60. The molecule has 0 saturated heterocycles. The summed E-state index contributed by atoms with van der Waals surface area (Å²) in [5.41, 5.74) is 2.49. The van der Waals surface area contributed by atoms with Crippen LogP contribution in [0.15, 0.2) is 36.7 Å². The average molecular weight is 229 g/mol. The lowest BCUT2D eigenvalue weighted by atomic mass is 10.1. The van der Waals surface area contributed by atoms with Gasteiger partial charge in [-0.25, -0.2) is 4.98 Å². The van der Waals surface area contributed by atoms with Gasteiger partial charge in [0.25, 0.3) is 0 Å². The smallest absolute Gasteiger partial charge is 0.137 e. The Morgan fingerprint density at radius 1 is 1.12 bits per heavy atom. The third kappa shape index (κ3) is 2.94. The summed E-state index contributed by atoms with van der Waals surface area (Å²) in [7, 11) is 0. The third-order valence-corrected chi connectivity index (χ3v) is 3.03. The van der Waals surface area contributed by atoms with Crippen LogP contribution in [0.3, 0.4) is 0 Å². The second-order valence-corrected chi connectivity index (χ2v) is 4.10. The van der Waals surface area contributed by atoms with E-state index in [4.69, 9.17) is 0 Å². The van der Waals surface area contributed by atoms with Gasteiger partial charge in [-0.1, -0.05) is 38.1 Å². The number of benzene rings is 1. The monoisotopic (exact) mass is 229 g/mol. The van der Waals surface area contributed by atoms with Crippen molar-refractivity contribution in [3.05, 3.63) is 42.2 Å². The Kier molecular flexibility index (Phi) is 3.94. The number of nitrogens with zero attached hydrogens (tertiary/aromatic N) is 2. The zero-order valence-electron chi connectivity index (χ0n) is 10.5. The van der Waals surface area contributed by atoms with Gasteiger partial charge in [-0.15, -0.1) is 0 Å². The molecule has 0 aliphatic heterocycles. The van der Waals surface area contributed by atoms with Gasteiger partial charge in [0.15, 0.2) is 0 Å². The second kappa shape index (κ2) is 5.64. The standard InChI is InChI=1S/C14H19N3/c1-3-17(4-2)11-12-5-7-13(8-6-12)14-15-9-10-16-14/h5-10H,3-4,11H2,1-2H3,(H,15,16). The summed E-state index contributed by atoms with van der Waals surface area (Å²) < 4.78 is 0. The molecule has 0 atom stereocenters. The number of aromatic nitrogens is 2. The molecule has 0 radical (unpaired) electrons. The molecule has 2 aromatic rings. The molecule has 0 saturated carbocycles. The molecule has 0 unspecified atom stereocenters. The predicted octanol–water partition coefficient (Wildman–Crippen LogP) is 2.92. The van der Waals surface area contributed by atoms with Crippen molar-refractivity contribution in [2.24, 2.45) is 0 Å². The molecule has 1 aromatic carbocycles. The molecule has 0 aliphatic carbocycles. The summed E-state index contributed by atoms with van der Waals surface area (Å²) in [6.07, 6.45) is 3.62. The van der Waals surface area contributed by atoms with Crippen LogP contribution in [0.5, 0.6) is 0 Å². The maximum atomic E-state index is 4.24. The lowest BCUT2D eigenvalue weighted by Gasteiger charge is -2.17. The Bertz CT molecular complexity index is 427. The number of hydrogen-bond acceptors (Lipinski definition) is 2. The number of imidazole rings is 1. The van der Waals surface area contributed by atoms with Crippen LogP contribution in [0.2, 0.25) is 0 Å². The first-order valence-electron chi connectivity index (χ1n) is 6.14. The van der Waals surface area contributed by atoms with Crippen molar-refractivity contribution in [2.75, 3.05) is 13.1 Å². The molecule has 17 heavy (non-hydrogen) atoms. The molecule has 1 aromatic heterocycles. The molecular formula is C14H19N3. The van der Waals surface area contributed by atoms with Crippen molar-refractivity contribution >= 4 is 0 Å². The van der Waals surface area contributed by atoms with Crippen LogP contribution in [0.25, 0.3) is 11.4 Å². The van der Waals surface area contributed by atoms with Crippen molar-refractivity contribution in [3.63, 3.8) is 0 Å². The zero-order valence-corrected chi connectivity index (χ0v) is 10.5. The predicted molar refractivity (Wildman–Crippen MR) is 70.6 cm³/mol. The second-order valence-electron chi connectivity index (χ2n) is 4.10. The van der Waals surface area contributed by atoms with E-state index in [0.29, 0.717) is 0 Å². The van der Waals surface area contributed by atoms with E-state index in [2.05, 4.69) is 53.0 Å². The first kappa shape index (κ1) is 11.9. The van der Waals surface area contributed by atoms with E-state index >= 15 is 0 Å². The molecule has 3 heteroatoms. The molecule has 0 aliphatic rings. The van der Waals surface area contributed by atoms with E-state index < -0.39 is 0 Å². The molecule has 0 bridgehead atoms. The molecule has 3 nitrogen and oxygen atoms in total. The van der Waals surface area contributed by atoms with Crippen molar-refractivity contribution in [2.45, 2.75) is 20.4 Å². The van der Waals surface area contributed by atoms with Crippen LogP contribution in [0.4, 0.5) is 0 Å². The number of hydrogen-bond donors (Lipinski definition) is 1. The molecule has 0 fully saturated rings. The Balaban J connectivity index is 2.08. The van der Waals surface area contributed by atoms with Crippen molar-refractivity contribution in [1.82, 2.24) is 14.9 Å². The summed E-state index contributed by atoms with van der Waals surface area (Å²) in [6.45, 7) is 7.60. The van der Waals surface area contributed by atoms with E-state index in [9.17, 15) is 0 Å². The van der Waals surface area contributed by atoms with Gasteiger partial charge in [-0.05, 0) is 18.7 Å². The fourth-order valence-electron chi connectivity index (χ4n) is 1.90. The minimum atomic E-state index is 0.930. The molecule has 1 heterocycles. The largest absolute Gasteiger partial charge is 0.345 e. The number of H-pyrrole nitrogens is 1. The summed E-state index contributed by atoms with van der Waals surface area (Å²) in [5.74, 6) is 0.930. The highest BCUT2D eigenvalue weighted by Gasteiger charge is 2.02. The molecule has 90 valence electrons. The normalized spacial score (nSPS) is 11.0. The maximum absolute atomic E-state index is 4.24. The summed E-state index contributed by atoms with van der Waals surface area (Å²) in [4.78, 5) is 9.76. The summed E-state index contributed by atoms with van der Waals surface area (Å²) in [5, 5.41) is 0. The van der Waals surface area contributed by atoms with E-state index in [1.54, 1.807) is 6.20 Å². The minimum Gasteiger partial charge on any atom is -0.345 e. The first-order chi connectivity index (χ1) is 8.33. The SMILES string of the molecule is CCN(CC)Cc1ccc(-c2ncc[nH]2)cc1. The van der Waals surface area contributed by atoms with Gasteiger partial charge >= 0.3 is 0 Å². The summed E-state index contributed by atoms with van der Waals surface area (Å²) >= 11 is 0. The molecule has 2 rings (SSSR count). The molecule has 1 N–H and O–H groups in total. The lowest BCUT2D eigenvalue weighted by molar-refractivity contribution is 0.296. The van der Waals surface area contributed by atoms with Crippen molar-refractivity contribution in [3.8, 4) is 11.4 Å². The van der Waals surface area contributed by atoms with Crippen LogP contribution >= 0.6 is 0 Å². The van der Waals surface area contributed by atoms with Crippen LogP contribution < -0.4 is 0 Å². The van der Waals surface area contributed by atoms with Gasteiger partial charge in [0.1, 0.15) is 5.82 Å². The Hall–Kier alpha value is -1.61. The molecule has 0 spiro atoms. The third-order valence-electron chi connectivity index (χ3n) is 3.03. The number of aromatic amines is 1. The topological polar surface area (TPSA) is 31.9 Å². The highest BCUT2D eigenvalue weighted by atomic mass is 15.1. The maximum Gasteiger partial charge on any atom is 0.137 e. The fourth-order valence-corrected chi connectivity index (χ4v) is 1.90. The highest BCUT2D eigenvalue weighted by Crippen LogP contribution is 2.15. The van der Waals surface area contributed by atoms with Gasteiger partial charge in [0, 0.05) is 24.5 Å². The Morgan fingerprint density at radius 2 is 1.82 bits per heavy atom. The fraction of sp³-hybridized carbons (Fsp3) is 0.357. The van der Waals surface area contributed by atoms with Crippen LogP contribution in [-0.2, 0) is 6.54 Å². The lowest BCUT2D eigenvalue weighted by Crippen LogP contribution is -2.21. The van der Waals surface area contributed by atoms with Gasteiger partial charge in [0.2, 0.25) is 0 Å². The van der Waals surface area contributed by atoms with Crippen molar-refractivity contribution in [1.29, 1.82) is 0 Å². The number of nitrogens with one attached hydrogen (secondary N) is 1. The van der Waals surface area contributed by atoms with E-state index in [1.807, 2.05) is 6.20 Å². The zero-order chi connectivity index (χ0) is 12.1.